The molecule has 10 nitrogen and oxygen atoms in total. The number of carbonyl (C=O) groups is 4. The lowest BCUT2D eigenvalue weighted by Crippen LogP contribution is -2.60. The molecule has 1 heterocycles. The SMILES string of the molecule is NC(=O)[C@H](Cc1ccccc1)NC(=O)[C@H](Cc1ccccc1)NC(=O)[C@H]1Cc2ccccc2CN1C(=O)[C@@H](N)Cc1ccc(O)cc1. The molecule has 47 heavy (non-hydrogen) atoms. The summed E-state index contributed by atoms with van der Waals surface area (Å²) in [7, 11) is 0. The minimum Gasteiger partial charge on any atom is -0.508 e. The number of primary amides is 1. The van der Waals surface area contributed by atoms with Crippen LogP contribution in [0.3, 0.4) is 0 Å². The molecule has 4 amide bonds. The first-order valence-electron chi connectivity index (χ1n) is 15.6. The first-order valence-corrected chi connectivity index (χ1v) is 15.6. The van der Waals surface area contributed by atoms with Gasteiger partial charge in [-0.2, -0.15) is 0 Å². The molecule has 0 aliphatic carbocycles. The molecule has 4 atom stereocenters. The van der Waals surface area contributed by atoms with Crippen LogP contribution in [0, 0.1) is 0 Å². The van der Waals surface area contributed by atoms with Gasteiger partial charge in [0.15, 0.2) is 0 Å². The number of hydrogen-bond donors (Lipinski definition) is 5. The summed E-state index contributed by atoms with van der Waals surface area (Å²) >= 11 is 0. The summed E-state index contributed by atoms with van der Waals surface area (Å²) in [5.41, 5.74) is 16.3. The summed E-state index contributed by atoms with van der Waals surface area (Å²) in [4.78, 5) is 55.6. The molecule has 5 rings (SSSR count). The van der Waals surface area contributed by atoms with Gasteiger partial charge in [0.05, 0.1) is 6.04 Å². The predicted octanol–water partition coefficient (Wildman–Crippen LogP) is 2.16. The quantitative estimate of drug-likeness (QED) is 0.160. The van der Waals surface area contributed by atoms with E-state index in [0.717, 1.165) is 27.8 Å². The van der Waals surface area contributed by atoms with Crippen LogP contribution in [0.1, 0.15) is 27.8 Å². The van der Waals surface area contributed by atoms with Crippen molar-refractivity contribution in [2.45, 2.75) is 56.4 Å². The van der Waals surface area contributed by atoms with Crippen molar-refractivity contribution in [3.8, 4) is 5.75 Å². The molecule has 0 saturated heterocycles. The Balaban J connectivity index is 1.38. The van der Waals surface area contributed by atoms with Crippen molar-refractivity contribution in [3.63, 3.8) is 0 Å². The maximum atomic E-state index is 14.1. The van der Waals surface area contributed by atoms with E-state index in [1.807, 2.05) is 84.9 Å². The topological polar surface area (TPSA) is 168 Å². The van der Waals surface area contributed by atoms with Crippen molar-refractivity contribution in [2.75, 3.05) is 0 Å². The second-order valence-corrected chi connectivity index (χ2v) is 11.8. The number of nitrogens with one attached hydrogen (secondary N) is 2. The highest BCUT2D eigenvalue weighted by molar-refractivity contribution is 5.95. The molecular weight excluding hydrogens is 594 g/mol. The summed E-state index contributed by atoms with van der Waals surface area (Å²) in [6, 6.07) is 28.5. The Kier molecular flexibility index (Phi) is 10.6. The third-order valence-electron chi connectivity index (χ3n) is 8.40. The number of nitrogens with zero attached hydrogens (tertiary/aromatic N) is 1. The number of phenolic OH excluding ortho intramolecular Hbond substituents is 1. The highest BCUT2D eigenvalue weighted by Gasteiger charge is 2.38. The fourth-order valence-corrected chi connectivity index (χ4v) is 5.85. The molecule has 0 aromatic heterocycles. The first kappa shape index (κ1) is 32.9. The molecule has 0 bridgehead atoms. The molecule has 4 aromatic rings. The van der Waals surface area contributed by atoms with Crippen LogP contribution in [0.5, 0.6) is 5.75 Å². The van der Waals surface area contributed by atoms with Gasteiger partial charge in [-0.1, -0.05) is 97.1 Å². The summed E-state index contributed by atoms with van der Waals surface area (Å²) in [5, 5.41) is 15.3. The Morgan fingerprint density at radius 2 is 1.23 bits per heavy atom. The zero-order chi connectivity index (χ0) is 33.3. The molecule has 10 heteroatoms. The lowest BCUT2D eigenvalue weighted by molar-refractivity contribution is -0.143. The van der Waals surface area contributed by atoms with Crippen molar-refractivity contribution >= 4 is 23.6 Å². The molecule has 0 spiro atoms. The molecule has 4 aromatic carbocycles. The Labute approximate surface area is 273 Å². The largest absolute Gasteiger partial charge is 0.508 e. The summed E-state index contributed by atoms with van der Waals surface area (Å²) in [5.74, 6) is -2.09. The van der Waals surface area contributed by atoms with Gasteiger partial charge in [-0.25, -0.2) is 0 Å². The monoisotopic (exact) mass is 633 g/mol. The third kappa shape index (κ3) is 8.62. The Hall–Kier alpha value is -5.48. The third-order valence-corrected chi connectivity index (χ3v) is 8.40. The molecule has 0 saturated carbocycles. The average Bonchev–Trinajstić information content (AvgIpc) is 3.08. The van der Waals surface area contributed by atoms with Crippen LogP contribution in [0.4, 0.5) is 0 Å². The highest BCUT2D eigenvalue weighted by atomic mass is 16.3. The van der Waals surface area contributed by atoms with E-state index in [4.69, 9.17) is 11.5 Å². The minimum atomic E-state index is -1.07. The number of carbonyl (C=O) groups excluding carboxylic acids is 4. The molecule has 7 N–H and O–H groups in total. The molecule has 242 valence electrons. The zero-order valence-corrected chi connectivity index (χ0v) is 25.9. The van der Waals surface area contributed by atoms with Crippen LogP contribution >= 0.6 is 0 Å². The highest BCUT2D eigenvalue weighted by Crippen LogP contribution is 2.25. The van der Waals surface area contributed by atoms with Crippen molar-refractivity contribution in [2.24, 2.45) is 11.5 Å². The number of fused-ring (bicyclic) bond motifs is 1. The van der Waals surface area contributed by atoms with Gasteiger partial charge in [0.1, 0.15) is 23.9 Å². The van der Waals surface area contributed by atoms with Gasteiger partial charge >= 0.3 is 0 Å². The summed E-state index contributed by atoms with van der Waals surface area (Å²) in [6.45, 7) is 0.173. The van der Waals surface area contributed by atoms with Crippen LogP contribution in [0.25, 0.3) is 0 Å². The number of amides is 4. The van der Waals surface area contributed by atoms with E-state index in [2.05, 4.69) is 10.6 Å². The van der Waals surface area contributed by atoms with Crippen molar-refractivity contribution < 1.29 is 24.3 Å². The minimum absolute atomic E-state index is 0.106. The van der Waals surface area contributed by atoms with E-state index in [1.54, 1.807) is 12.1 Å². The van der Waals surface area contributed by atoms with Crippen LogP contribution in [0.2, 0.25) is 0 Å². The van der Waals surface area contributed by atoms with Crippen LogP contribution < -0.4 is 22.1 Å². The number of hydrogen-bond acceptors (Lipinski definition) is 6. The summed E-state index contributed by atoms with van der Waals surface area (Å²) in [6.07, 6.45) is 0.777. The van der Waals surface area contributed by atoms with E-state index in [0.29, 0.717) is 0 Å². The number of rotatable bonds is 12. The summed E-state index contributed by atoms with van der Waals surface area (Å²) < 4.78 is 0. The van der Waals surface area contributed by atoms with Crippen LogP contribution in [-0.2, 0) is 51.4 Å². The molecule has 0 unspecified atom stereocenters. The number of phenols is 1. The van der Waals surface area contributed by atoms with E-state index in [1.165, 1.54) is 17.0 Å². The van der Waals surface area contributed by atoms with Gasteiger partial charge < -0.3 is 32.1 Å². The van der Waals surface area contributed by atoms with Gasteiger partial charge in [-0.3, -0.25) is 19.2 Å². The van der Waals surface area contributed by atoms with E-state index in [9.17, 15) is 24.3 Å². The maximum Gasteiger partial charge on any atom is 0.243 e. The lowest BCUT2D eigenvalue weighted by Gasteiger charge is -2.38. The second-order valence-electron chi connectivity index (χ2n) is 11.8. The Morgan fingerprint density at radius 1 is 0.702 bits per heavy atom. The molecule has 0 radical (unpaired) electrons. The van der Waals surface area contributed by atoms with E-state index >= 15 is 0 Å². The number of nitrogens with two attached hydrogens (primary N) is 2. The van der Waals surface area contributed by atoms with Crippen molar-refractivity contribution in [1.82, 2.24) is 15.5 Å². The predicted molar refractivity (Wildman–Crippen MR) is 178 cm³/mol. The van der Waals surface area contributed by atoms with Gasteiger partial charge in [0.25, 0.3) is 0 Å². The zero-order valence-electron chi connectivity index (χ0n) is 25.9. The lowest BCUT2D eigenvalue weighted by atomic mass is 9.92. The smallest absolute Gasteiger partial charge is 0.243 e. The molecular formula is C37H39N5O5. The first-order chi connectivity index (χ1) is 22.7. The van der Waals surface area contributed by atoms with Gasteiger partial charge in [0, 0.05) is 25.8 Å². The molecule has 0 fully saturated rings. The molecule has 1 aliphatic rings. The second kappa shape index (κ2) is 15.2. The fraction of sp³-hybridized carbons (Fsp3) is 0.243. The standard InChI is InChI=1S/C37H39N5O5/c38-30(19-26-15-17-29(43)18-16-26)37(47)42-23-28-14-8-7-13-27(28)22-33(42)36(46)41-32(21-25-11-5-2-6-12-25)35(45)40-31(34(39)44)20-24-9-3-1-4-10-24/h1-18,30-33,43H,19-23,38H2,(H2,39,44)(H,40,45)(H,41,46)/t30-,31-,32-,33+/m0/s1. The van der Waals surface area contributed by atoms with E-state index < -0.39 is 47.8 Å². The van der Waals surface area contributed by atoms with Crippen LogP contribution in [-0.4, -0.2) is 57.8 Å². The van der Waals surface area contributed by atoms with Crippen molar-refractivity contribution in [3.05, 3.63) is 137 Å². The van der Waals surface area contributed by atoms with E-state index in [-0.39, 0.29) is 38.0 Å². The Bertz CT molecular complexity index is 1700. The average molecular weight is 634 g/mol. The number of benzene rings is 4. The van der Waals surface area contributed by atoms with Gasteiger partial charge in [-0.15, -0.1) is 0 Å². The van der Waals surface area contributed by atoms with Crippen molar-refractivity contribution in [1.29, 1.82) is 0 Å². The Morgan fingerprint density at radius 3 is 1.83 bits per heavy atom. The number of aromatic hydroxyl groups is 1. The normalized spacial score (nSPS) is 15.9. The van der Waals surface area contributed by atoms with Gasteiger partial charge in [0.2, 0.25) is 23.6 Å². The molecule has 1 aliphatic heterocycles. The maximum absolute atomic E-state index is 14.1. The van der Waals surface area contributed by atoms with Crippen LogP contribution in [0.15, 0.2) is 109 Å². The van der Waals surface area contributed by atoms with Gasteiger partial charge in [-0.05, 0) is 46.4 Å². The fourth-order valence-electron chi connectivity index (χ4n) is 5.85.